The maximum Gasteiger partial charge on any atom is 0.230 e. The lowest BCUT2D eigenvalue weighted by Gasteiger charge is -2.36. The number of carbonyl (C=O) groups is 1. The van der Waals surface area contributed by atoms with Crippen LogP contribution in [-0.4, -0.2) is 30.6 Å². The largest absolute Gasteiger partial charge is 0.381 e. The number of benzene rings is 2. The Morgan fingerprint density at radius 2 is 1.83 bits per heavy atom. The van der Waals surface area contributed by atoms with E-state index in [1.165, 1.54) is 5.56 Å². The van der Waals surface area contributed by atoms with Crippen LogP contribution in [0.2, 0.25) is 0 Å². The number of aryl methyl sites for hydroxylation is 1. The summed E-state index contributed by atoms with van der Waals surface area (Å²) in [5.74, 6) is 0.0997. The van der Waals surface area contributed by atoms with Gasteiger partial charge in [-0.1, -0.05) is 52.3 Å². The first kappa shape index (κ1) is 21.2. The zero-order valence-corrected chi connectivity index (χ0v) is 19.4. The molecule has 4 rings (SSSR count). The third-order valence-corrected chi connectivity index (χ3v) is 7.05. The Labute approximate surface area is 189 Å². The van der Waals surface area contributed by atoms with Crippen molar-refractivity contribution in [1.29, 1.82) is 0 Å². The molecule has 1 N–H and O–H groups in total. The average Bonchev–Trinajstić information content (AvgIpc) is 3.21. The number of carbonyl (C=O) groups excluding carboxylic acids is 1. The van der Waals surface area contributed by atoms with Gasteiger partial charge in [-0.2, -0.15) is 0 Å². The van der Waals surface area contributed by atoms with E-state index >= 15 is 0 Å². The molecule has 0 aliphatic carbocycles. The number of nitrogens with one attached hydrogen (secondary N) is 1. The van der Waals surface area contributed by atoms with E-state index in [2.05, 4.69) is 55.9 Å². The fraction of sp³-hybridized carbons (Fsp3) is 0.333. The van der Waals surface area contributed by atoms with Crippen LogP contribution < -0.4 is 5.32 Å². The van der Waals surface area contributed by atoms with Crippen LogP contribution in [0.25, 0.3) is 11.3 Å². The third-order valence-electron chi connectivity index (χ3n) is 5.75. The fourth-order valence-electron chi connectivity index (χ4n) is 3.96. The van der Waals surface area contributed by atoms with Gasteiger partial charge in [0.05, 0.1) is 16.1 Å². The van der Waals surface area contributed by atoms with Gasteiger partial charge in [0, 0.05) is 35.2 Å². The fourth-order valence-corrected chi connectivity index (χ4v) is 4.85. The van der Waals surface area contributed by atoms with Gasteiger partial charge in [0.25, 0.3) is 0 Å². The van der Waals surface area contributed by atoms with Gasteiger partial charge in [-0.3, -0.25) is 4.79 Å². The van der Waals surface area contributed by atoms with Crippen molar-refractivity contribution < 1.29 is 9.53 Å². The van der Waals surface area contributed by atoms with Crippen molar-refractivity contribution >= 4 is 33.2 Å². The summed E-state index contributed by atoms with van der Waals surface area (Å²) < 4.78 is 6.57. The van der Waals surface area contributed by atoms with E-state index in [4.69, 9.17) is 4.74 Å². The molecule has 0 unspecified atom stereocenters. The summed E-state index contributed by atoms with van der Waals surface area (Å²) in [5, 5.41) is 6.34. The summed E-state index contributed by atoms with van der Waals surface area (Å²) in [6.07, 6.45) is 2.22. The quantitative estimate of drug-likeness (QED) is 0.517. The molecule has 3 aromatic rings. The van der Waals surface area contributed by atoms with Crippen molar-refractivity contribution in [3.63, 3.8) is 0 Å². The summed E-state index contributed by atoms with van der Waals surface area (Å²) in [6.45, 7) is 3.86. The molecule has 0 bridgehead atoms. The molecule has 6 heteroatoms. The second-order valence-corrected chi connectivity index (χ2v) is 9.63. The molecular formula is C24H25BrN2O2S. The molecule has 0 saturated carbocycles. The standard InChI is InChI=1S/C24H25BrN2O2S/c1-17-27-22(16-30-17)19-4-2-18(3-5-19)10-13-26-23(28)24(11-14-29-15-12-24)20-6-8-21(25)9-7-20/h2-9,16H,10-15H2,1H3,(H,26,28). The van der Waals surface area contributed by atoms with Crippen molar-refractivity contribution in [3.8, 4) is 11.3 Å². The number of thiazole rings is 1. The lowest BCUT2D eigenvalue weighted by molar-refractivity contribution is -0.130. The topological polar surface area (TPSA) is 51.2 Å². The SMILES string of the molecule is Cc1nc(-c2ccc(CCNC(=O)C3(c4ccc(Br)cc4)CCOCC3)cc2)cs1. The Balaban J connectivity index is 1.39. The van der Waals surface area contributed by atoms with Crippen LogP contribution in [0.3, 0.4) is 0 Å². The first-order chi connectivity index (χ1) is 14.6. The van der Waals surface area contributed by atoms with Gasteiger partial charge in [0.1, 0.15) is 0 Å². The molecule has 2 heterocycles. The van der Waals surface area contributed by atoms with Gasteiger partial charge in [-0.25, -0.2) is 4.98 Å². The average molecular weight is 485 g/mol. The van der Waals surface area contributed by atoms with E-state index in [0.717, 1.165) is 32.7 Å². The molecule has 1 amide bonds. The van der Waals surface area contributed by atoms with Crippen molar-refractivity contribution in [3.05, 3.63) is 74.5 Å². The number of aromatic nitrogens is 1. The summed E-state index contributed by atoms with van der Waals surface area (Å²) >= 11 is 5.15. The summed E-state index contributed by atoms with van der Waals surface area (Å²) in [4.78, 5) is 17.8. The van der Waals surface area contributed by atoms with Gasteiger partial charge in [0.2, 0.25) is 5.91 Å². The normalized spacial score (nSPS) is 15.7. The highest BCUT2D eigenvalue weighted by Crippen LogP contribution is 2.35. The van der Waals surface area contributed by atoms with Gasteiger partial charge in [-0.05, 0) is 49.4 Å². The van der Waals surface area contributed by atoms with Crippen molar-refractivity contribution in [2.24, 2.45) is 0 Å². The number of rotatable bonds is 6. The van der Waals surface area contributed by atoms with Crippen LogP contribution in [0.15, 0.2) is 58.4 Å². The van der Waals surface area contributed by atoms with Crippen molar-refractivity contribution in [2.75, 3.05) is 19.8 Å². The van der Waals surface area contributed by atoms with E-state index in [1.54, 1.807) is 11.3 Å². The van der Waals surface area contributed by atoms with E-state index < -0.39 is 5.41 Å². The lowest BCUT2D eigenvalue weighted by atomic mass is 9.73. The van der Waals surface area contributed by atoms with E-state index in [0.29, 0.717) is 32.6 Å². The number of halogens is 1. The van der Waals surface area contributed by atoms with Crippen molar-refractivity contribution in [1.82, 2.24) is 10.3 Å². The minimum absolute atomic E-state index is 0.0997. The maximum absolute atomic E-state index is 13.3. The lowest BCUT2D eigenvalue weighted by Crippen LogP contribution is -2.48. The molecule has 0 radical (unpaired) electrons. The van der Waals surface area contributed by atoms with Crippen LogP contribution >= 0.6 is 27.3 Å². The Hall–Kier alpha value is -2.02. The molecule has 4 nitrogen and oxygen atoms in total. The van der Waals surface area contributed by atoms with E-state index in [1.807, 2.05) is 31.2 Å². The number of amides is 1. The molecule has 1 aromatic heterocycles. The molecule has 1 fully saturated rings. The Morgan fingerprint density at radius 1 is 1.13 bits per heavy atom. The number of hydrogen-bond donors (Lipinski definition) is 1. The summed E-state index contributed by atoms with van der Waals surface area (Å²) in [6, 6.07) is 16.6. The van der Waals surface area contributed by atoms with Crippen LogP contribution in [0.1, 0.15) is 29.0 Å². The summed E-state index contributed by atoms with van der Waals surface area (Å²) in [5.41, 5.74) is 3.91. The second-order valence-electron chi connectivity index (χ2n) is 7.66. The first-order valence-corrected chi connectivity index (χ1v) is 11.9. The monoisotopic (exact) mass is 484 g/mol. The second kappa shape index (κ2) is 9.41. The highest BCUT2D eigenvalue weighted by atomic mass is 79.9. The number of hydrogen-bond acceptors (Lipinski definition) is 4. The van der Waals surface area contributed by atoms with Gasteiger partial charge < -0.3 is 10.1 Å². The molecule has 1 aliphatic heterocycles. The van der Waals surface area contributed by atoms with E-state index in [-0.39, 0.29) is 5.91 Å². The maximum atomic E-state index is 13.3. The van der Waals surface area contributed by atoms with Gasteiger partial charge in [0.15, 0.2) is 0 Å². The van der Waals surface area contributed by atoms with Crippen LogP contribution in [0.4, 0.5) is 0 Å². The zero-order valence-electron chi connectivity index (χ0n) is 17.0. The van der Waals surface area contributed by atoms with Crippen LogP contribution in [0.5, 0.6) is 0 Å². The molecular weight excluding hydrogens is 460 g/mol. The smallest absolute Gasteiger partial charge is 0.230 e. The van der Waals surface area contributed by atoms with Crippen LogP contribution in [0, 0.1) is 6.92 Å². The first-order valence-electron chi connectivity index (χ1n) is 10.2. The molecule has 30 heavy (non-hydrogen) atoms. The molecule has 2 aromatic carbocycles. The molecule has 0 spiro atoms. The summed E-state index contributed by atoms with van der Waals surface area (Å²) in [7, 11) is 0. The van der Waals surface area contributed by atoms with Gasteiger partial charge in [-0.15, -0.1) is 11.3 Å². The predicted molar refractivity (Wildman–Crippen MR) is 125 cm³/mol. The minimum atomic E-state index is -0.509. The molecule has 1 aliphatic rings. The minimum Gasteiger partial charge on any atom is -0.381 e. The number of ether oxygens (including phenoxy) is 1. The predicted octanol–water partition coefficient (Wildman–Crippen LogP) is 5.29. The Morgan fingerprint density at radius 3 is 2.47 bits per heavy atom. The Kier molecular flexibility index (Phi) is 6.66. The zero-order chi connectivity index (χ0) is 21.0. The molecule has 156 valence electrons. The molecule has 1 saturated heterocycles. The highest BCUT2D eigenvalue weighted by Gasteiger charge is 2.41. The number of nitrogens with zero attached hydrogens (tertiary/aromatic N) is 1. The van der Waals surface area contributed by atoms with E-state index in [9.17, 15) is 4.79 Å². The Bertz CT molecular complexity index is 993. The van der Waals surface area contributed by atoms with Crippen molar-refractivity contribution in [2.45, 2.75) is 31.6 Å². The van der Waals surface area contributed by atoms with Crippen LogP contribution in [-0.2, 0) is 21.4 Å². The third kappa shape index (κ3) is 4.66. The van der Waals surface area contributed by atoms with Gasteiger partial charge >= 0.3 is 0 Å². The molecule has 0 atom stereocenters. The highest BCUT2D eigenvalue weighted by molar-refractivity contribution is 9.10.